The van der Waals surface area contributed by atoms with E-state index in [-0.39, 0.29) is 22.6 Å². The molecule has 0 saturated carbocycles. The lowest BCUT2D eigenvalue weighted by Gasteiger charge is -2.12. The van der Waals surface area contributed by atoms with E-state index < -0.39 is 23.9 Å². The number of halogens is 4. The molecule has 1 aliphatic carbocycles. The van der Waals surface area contributed by atoms with Crippen LogP contribution in [0.25, 0.3) is 0 Å². The predicted molar refractivity (Wildman–Crippen MR) is 85.4 cm³/mol. The lowest BCUT2D eigenvalue weighted by Crippen LogP contribution is -2.23. The van der Waals surface area contributed by atoms with Crippen molar-refractivity contribution in [2.75, 3.05) is 6.26 Å². The molecular formula is C16H10BrF3O2S. The molecule has 0 bridgehead atoms. The summed E-state index contributed by atoms with van der Waals surface area (Å²) in [5.41, 5.74) is 0.155. The van der Waals surface area contributed by atoms with Crippen LogP contribution in [-0.2, 0) is 6.42 Å². The number of fused-ring (bicyclic) bond motifs is 1. The standard InChI is InChI=1S/C16H10BrF3O2S/c1-23-13-3-2-12(11-7-16(19,20)15(21)14(11)13)22-10-5-8(17)4-9(18)6-10/h2-6H,7H2,1H3. The monoisotopic (exact) mass is 402 g/mol. The molecule has 0 spiro atoms. The average molecular weight is 403 g/mol. The van der Waals surface area contributed by atoms with Crippen molar-refractivity contribution in [1.82, 2.24) is 0 Å². The molecule has 0 saturated heterocycles. The third-order valence-electron chi connectivity index (χ3n) is 3.47. The first-order valence-electron chi connectivity index (χ1n) is 6.58. The van der Waals surface area contributed by atoms with Crippen LogP contribution in [0.5, 0.6) is 11.5 Å². The van der Waals surface area contributed by atoms with Gasteiger partial charge in [-0.25, -0.2) is 4.39 Å². The van der Waals surface area contributed by atoms with Crippen LogP contribution < -0.4 is 4.74 Å². The quantitative estimate of drug-likeness (QED) is 0.636. The van der Waals surface area contributed by atoms with Crippen LogP contribution in [0.3, 0.4) is 0 Å². The summed E-state index contributed by atoms with van der Waals surface area (Å²) in [5.74, 6) is -4.84. The highest BCUT2D eigenvalue weighted by molar-refractivity contribution is 9.10. The Morgan fingerprint density at radius 1 is 1.26 bits per heavy atom. The fourth-order valence-electron chi connectivity index (χ4n) is 2.50. The number of Topliss-reactive ketones (excluding diaryl/α,β-unsaturated/α-hetero) is 1. The number of ketones is 1. The SMILES string of the molecule is CSc1ccc(Oc2cc(F)cc(Br)c2)c2c1C(=O)C(F)(F)C2. The topological polar surface area (TPSA) is 26.3 Å². The first-order chi connectivity index (χ1) is 10.8. The van der Waals surface area contributed by atoms with E-state index in [9.17, 15) is 18.0 Å². The summed E-state index contributed by atoms with van der Waals surface area (Å²) in [6.07, 6.45) is 1.00. The van der Waals surface area contributed by atoms with Crippen molar-refractivity contribution >= 4 is 33.5 Å². The minimum Gasteiger partial charge on any atom is -0.457 e. The molecule has 7 heteroatoms. The Kier molecular flexibility index (Phi) is 4.18. The first-order valence-corrected chi connectivity index (χ1v) is 8.60. The van der Waals surface area contributed by atoms with Crippen molar-refractivity contribution in [1.29, 1.82) is 0 Å². The fraction of sp³-hybridized carbons (Fsp3) is 0.188. The van der Waals surface area contributed by atoms with Crippen LogP contribution in [-0.4, -0.2) is 18.0 Å². The van der Waals surface area contributed by atoms with Gasteiger partial charge < -0.3 is 4.74 Å². The maximum Gasteiger partial charge on any atom is 0.313 e. The minimum atomic E-state index is -3.44. The van der Waals surface area contributed by atoms with Crippen molar-refractivity contribution in [3.63, 3.8) is 0 Å². The molecule has 3 rings (SSSR count). The number of hydrogen-bond acceptors (Lipinski definition) is 3. The molecule has 2 nitrogen and oxygen atoms in total. The van der Waals surface area contributed by atoms with Crippen LogP contribution >= 0.6 is 27.7 Å². The van der Waals surface area contributed by atoms with Crippen LogP contribution in [0.2, 0.25) is 0 Å². The molecule has 0 radical (unpaired) electrons. The lowest BCUT2D eigenvalue weighted by atomic mass is 10.1. The van der Waals surface area contributed by atoms with Gasteiger partial charge in [0.05, 0.1) is 0 Å². The maximum absolute atomic E-state index is 13.8. The van der Waals surface area contributed by atoms with E-state index in [2.05, 4.69) is 15.9 Å². The Labute approximate surface area is 143 Å². The van der Waals surface area contributed by atoms with Gasteiger partial charge in [-0.2, -0.15) is 8.78 Å². The normalized spacial score (nSPS) is 15.6. The van der Waals surface area contributed by atoms with Gasteiger partial charge in [0.2, 0.25) is 5.78 Å². The van der Waals surface area contributed by atoms with Crippen molar-refractivity contribution in [2.24, 2.45) is 0 Å². The largest absolute Gasteiger partial charge is 0.457 e. The lowest BCUT2D eigenvalue weighted by molar-refractivity contribution is 0.0165. The molecule has 0 aromatic heterocycles. The molecule has 0 amide bonds. The molecular weight excluding hydrogens is 393 g/mol. The van der Waals surface area contributed by atoms with Gasteiger partial charge >= 0.3 is 5.92 Å². The Morgan fingerprint density at radius 2 is 2.00 bits per heavy atom. The third-order valence-corrected chi connectivity index (χ3v) is 4.71. The number of rotatable bonds is 3. The van der Waals surface area contributed by atoms with Gasteiger partial charge in [-0.3, -0.25) is 4.79 Å². The summed E-state index contributed by atoms with van der Waals surface area (Å²) in [5, 5.41) is 0. The number of hydrogen-bond donors (Lipinski definition) is 0. The molecule has 2 aromatic carbocycles. The van der Waals surface area contributed by atoms with E-state index in [4.69, 9.17) is 4.74 Å². The second kappa shape index (κ2) is 5.87. The zero-order valence-corrected chi connectivity index (χ0v) is 14.2. The second-order valence-electron chi connectivity index (χ2n) is 5.04. The molecule has 23 heavy (non-hydrogen) atoms. The van der Waals surface area contributed by atoms with E-state index in [0.717, 1.165) is 6.07 Å². The Balaban J connectivity index is 2.07. The summed E-state index contributed by atoms with van der Waals surface area (Å²) < 4.78 is 47.1. The molecule has 0 atom stereocenters. The molecule has 0 unspecified atom stereocenters. The molecule has 0 heterocycles. The number of alkyl halides is 2. The van der Waals surface area contributed by atoms with Crippen molar-refractivity contribution in [3.8, 4) is 11.5 Å². The Bertz CT molecular complexity index is 788. The van der Waals surface area contributed by atoms with Crippen molar-refractivity contribution in [3.05, 3.63) is 51.7 Å². The van der Waals surface area contributed by atoms with Crippen LogP contribution in [0.15, 0.2) is 39.7 Å². The fourth-order valence-corrected chi connectivity index (χ4v) is 3.57. The van der Waals surface area contributed by atoms with E-state index in [1.54, 1.807) is 12.3 Å². The van der Waals surface area contributed by atoms with Gasteiger partial charge in [0.1, 0.15) is 17.3 Å². The van der Waals surface area contributed by atoms with Gasteiger partial charge in [0.15, 0.2) is 0 Å². The zero-order valence-electron chi connectivity index (χ0n) is 11.8. The van der Waals surface area contributed by atoms with Crippen molar-refractivity contribution in [2.45, 2.75) is 17.2 Å². The summed E-state index contributed by atoms with van der Waals surface area (Å²) in [6, 6.07) is 7.01. The highest BCUT2D eigenvalue weighted by Crippen LogP contribution is 2.44. The molecule has 120 valence electrons. The van der Waals surface area contributed by atoms with Gasteiger partial charge in [0, 0.05) is 33.0 Å². The molecule has 0 aliphatic heterocycles. The van der Waals surface area contributed by atoms with Gasteiger partial charge in [-0.05, 0) is 30.5 Å². The number of benzene rings is 2. The average Bonchev–Trinajstić information content (AvgIpc) is 2.70. The van der Waals surface area contributed by atoms with E-state index in [0.29, 0.717) is 9.37 Å². The van der Waals surface area contributed by atoms with Crippen LogP contribution in [0.4, 0.5) is 13.2 Å². The number of carbonyl (C=O) groups excluding carboxylic acids is 1. The highest BCUT2D eigenvalue weighted by atomic mass is 79.9. The van der Waals surface area contributed by atoms with E-state index in [1.807, 2.05) is 0 Å². The zero-order chi connectivity index (χ0) is 16.8. The number of thioether (sulfide) groups is 1. The summed E-state index contributed by atoms with van der Waals surface area (Å²) in [4.78, 5) is 12.4. The summed E-state index contributed by atoms with van der Waals surface area (Å²) >= 11 is 4.36. The van der Waals surface area contributed by atoms with Crippen LogP contribution in [0.1, 0.15) is 15.9 Å². The molecule has 0 N–H and O–H groups in total. The van der Waals surface area contributed by atoms with Gasteiger partial charge in [-0.15, -0.1) is 11.8 Å². The van der Waals surface area contributed by atoms with Crippen molar-refractivity contribution < 1.29 is 22.7 Å². The smallest absolute Gasteiger partial charge is 0.313 e. The van der Waals surface area contributed by atoms with Crippen LogP contribution in [0, 0.1) is 5.82 Å². The highest BCUT2D eigenvalue weighted by Gasteiger charge is 2.49. The first kappa shape index (κ1) is 16.4. The molecule has 1 aliphatic rings. The van der Waals surface area contributed by atoms with E-state index >= 15 is 0 Å². The number of ether oxygens (including phenoxy) is 1. The summed E-state index contributed by atoms with van der Waals surface area (Å²) in [7, 11) is 0. The Morgan fingerprint density at radius 3 is 2.65 bits per heavy atom. The molecule has 2 aromatic rings. The Hall–Kier alpha value is -1.47. The molecule has 0 fully saturated rings. The minimum absolute atomic E-state index is 0.00420. The number of carbonyl (C=O) groups is 1. The maximum atomic E-state index is 13.8. The summed E-state index contributed by atoms with van der Waals surface area (Å²) in [6.45, 7) is 0. The van der Waals surface area contributed by atoms with E-state index in [1.165, 1.54) is 30.0 Å². The second-order valence-corrected chi connectivity index (χ2v) is 6.80. The van der Waals surface area contributed by atoms with Gasteiger partial charge in [-0.1, -0.05) is 15.9 Å². The van der Waals surface area contributed by atoms with Gasteiger partial charge in [0.25, 0.3) is 0 Å². The third kappa shape index (κ3) is 2.99. The predicted octanol–water partition coefficient (Wildman–Crippen LogP) is 5.48.